The molecule has 0 spiro atoms. The lowest BCUT2D eigenvalue weighted by molar-refractivity contribution is 0.270. The zero-order valence-electron chi connectivity index (χ0n) is 15.5. The monoisotopic (exact) mass is 363 g/mol. The fraction of sp³-hybridized carbons (Fsp3) is 0.476. The number of hydrogen-bond donors (Lipinski definition) is 0. The molecule has 140 valence electrons. The quantitative estimate of drug-likeness (QED) is 0.682. The lowest BCUT2D eigenvalue weighted by atomic mass is 9.85. The molecule has 5 rings (SSSR count). The van der Waals surface area contributed by atoms with Gasteiger partial charge in [-0.15, -0.1) is 0 Å². The lowest BCUT2D eigenvalue weighted by Crippen LogP contribution is -2.36. The van der Waals surface area contributed by atoms with Crippen LogP contribution in [0.15, 0.2) is 47.2 Å². The summed E-state index contributed by atoms with van der Waals surface area (Å²) in [4.78, 5) is 11.6. The molecule has 1 aliphatic heterocycles. The highest BCUT2D eigenvalue weighted by atomic mass is 16.5. The van der Waals surface area contributed by atoms with Gasteiger partial charge < -0.3 is 14.0 Å². The molecule has 0 unspecified atom stereocenters. The van der Waals surface area contributed by atoms with Crippen molar-refractivity contribution in [1.29, 1.82) is 0 Å². The van der Waals surface area contributed by atoms with Gasteiger partial charge in [-0.2, -0.15) is 4.98 Å². The second-order valence-corrected chi connectivity index (χ2v) is 7.79. The molecule has 1 aromatic carbocycles. The summed E-state index contributed by atoms with van der Waals surface area (Å²) in [5.74, 6) is 3.12. The van der Waals surface area contributed by atoms with E-state index in [0.29, 0.717) is 17.8 Å². The van der Waals surface area contributed by atoms with E-state index in [2.05, 4.69) is 25.8 Å². The zero-order chi connectivity index (χ0) is 18.1. The van der Waals surface area contributed by atoms with Gasteiger partial charge in [0.1, 0.15) is 5.82 Å². The maximum atomic E-state index is 5.58. The first-order chi connectivity index (χ1) is 13.4. The normalized spacial score (nSPS) is 20.6. The molecule has 0 N–H and O–H groups in total. The molecule has 6 heteroatoms. The van der Waals surface area contributed by atoms with Gasteiger partial charge in [0.15, 0.2) is 0 Å². The van der Waals surface area contributed by atoms with Crippen molar-refractivity contribution in [2.45, 2.75) is 44.6 Å². The average Bonchev–Trinajstić information content (AvgIpc) is 3.35. The van der Waals surface area contributed by atoms with E-state index >= 15 is 0 Å². The van der Waals surface area contributed by atoms with E-state index in [1.165, 1.54) is 25.1 Å². The summed E-state index contributed by atoms with van der Waals surface area (Å²) < 4.78 is 7.96. The summed E-state index contributed by atoms with van der Waals surface area (Å²) in [6, 6.07) is 10.6. The Hall–Kier alpha value is -2.63. The summed E-state index contributed by atoms with van der Waals surface area (Å²) >= 11 is 0. The second kappa shape index (κ2) is 7.18. The van der Waals surface area contributed by atoms with Crippen molar-refractivity contribution < 1.29 is 4.52 Å². The van der Waals surface area contributed by atoms with E-state index < -0.39 is 0 Å². The summed E-state index contributed by atoms with van der Waals surface area (Å²) in [7, 11) is 0. The minimum Gasteiger partial charge on any atom is -0.334 e. The number of hydrogen-bond acceptors (Lipinski definition) is 5. The highest BCUT2D eigenvalue weighted by Gasteiger charge is 2.28. The maximum Gasteiger partial charge on any atom is 0.324 e. The third kappa shape index (κ3) is 3.36. The highest BCUT2D eigenvalue weighted by Crippen LogP contribution is 2.32. The van der Waals surface area contributed by atoms with Gasteiger partial charge in [0.25, 0.3) is 0 Å². The van der Waals surface area contributed by atoms with Crippen LogP contribution in [0.25, 0.3) is 11.4 Å². The van der Waals surface area contributed by atoms with Crippen molar-refractivity contribution in [3.63, 3.8) is 0 Å². The van der Waals surface area contributed by atoms with Gasteiger partial charge in [-0.1, -0.05) is 41.9 Å². The van der Waals surface area contributed by atoms with Gasteiger partial charge in [0.05, 0.1) is 0 Å². The number of anilines is 1. The molecule has 6 nitrogen and oxygen atoms in total. The molecule has 1 saturated heterocycles. The molecule has 1 aliphatic carbocycles. The third-order valence-corrected chi connectivity index (χ3v) is 5.93. The van der Waals surface area contributed by atoms with E-state index in [1.807, 2.05) is 36.5 Å². The van der Waals surface area contributed by atoms with Crippen molar-refractivity contribution >= 4 is 6.01 Å². The maximum absolute atomic E-state index is 5.58. The topological polar surface area (TPSA) is 60.0 Å². The minimum absolute atomic E-state index is 0.418. The van der Waals surface area contributed by atoms with Crippen molar-refractivity contribution in [2.75, 3.05) is 18.0 Å². The van der Waals surface area contributed by atoms with E-state index in [9.17, 15) is 0 Å². The van der Waals surface area contributed by atoms with Crippen LogP contribution in [0.3, 0.4) is 0 Å². The van der Waals surface area contributed by atoms with Crippen molar-refractivity contribution in [3.8, 4) is 11.4 Å². The Balaban J connectivity index is 1.32. The molecular formula is C21H25N5O. The number of rotatable bonds is 5. The smallest absolute Gasteiger partial charge is 0.324 e. The van der Waals surface area contributed by atoms with E-state index in [-0.39, 0.29) is 0 Å². The predicted molar refractivity (Wildman–Crippen MR) is 103 cm³/mol. The molecule has 0 amide bonds. The van der Waals surface area contributed by atoms with Crippen LogP contribution >= 0.6 is 0 Å². The molecular weight excluding hydrogens is 338 g/mol. The minimum atomic E-state index is 0.418. The van der Waals surface area contributed by atoms with Crippen molar-refractivity contribution in [3.05, 3.63) is 48.5 Å². The van der Waals surface area contributed by atoms with Gasteiger partial charge in [0.2, 0.25) is 5.82 Å². The van der Waals surface area contributed by atoms with Crippen LogP contribution in [-0.2, 0) is 6.54 Å². The van der Waals surface area contributed by atoms with E-state index in [1.54, 1.807) is 0 Å². The van der Waals surface area contributed by atoms with Gasteiger partial charge in [-0.25, -0.2) is 4.98 Å². The molecule has 1 atom stereocenters. The number of piperidine rings is 1. The molecule has 2 aromatic heterocycles. The third-order valence-electron chi connectivity index (χ3n) is 5.93. The summed E-state index contributed by atoms with van der Waals surface area (Å²) in [5.41, 5.74) is 0.983. The van der Waals surface area contributed by atoms with Gasteiger partial charge in [-0.3, -0.25) is 0 Å². The number of benzene rings is 1. The molecule has 2 aliphatic rings. The first-order valence-electron chi connectivity index (χ1n) is 10.0. The van der Waals surface area contributed by atoms with Gasteiger partial charge in [0, 0.05) is 43.5 Å². The number of imidazole rings is 1. The Kier molecular flexibility index (Phi) is 4.40. The fourth-order valence-electron chi connectivity index (χ4n) is 4.20. The first kappa shape index (κ1) is 16.5. The van der Waals surface area contributed by atoms with Gasteiger partial charge >= 0.3 is 6.01 Å². The van der Waals surface area contributed by atoms with Crippen LogP contribution in [0.2, 0.25) is 0 Å². The Labute approximate surface area is 159 Å². The Bertz CT molecular complexity index is 883. The Morgan fingerprint density at radius 3 is 2.78 bits per heavy atom. The molecule has 27 heavy (non-hydrogen) atoms. The Morgan fingerprint density at radius 1 is 1.07 bits per heavy atom. The van der Waals surface area contributed by atoms with Crippen LogP contribution in [0.5, 0.6) is 0 Å². The largest absolute Gasteiger partial charge is 0.334 e. The highest BCUT2D eigenvalue weighted by molar-refractivity contribution is 5.55. The fourth-order valence-corrected chi connectivity index (χ4v) is 4.20. The standard InChI is InChI=1S/C21H25N5O/c1-2-8-17(9-3-1)19-23-21(27-24-19)26-12-5-10-18(15-26)20-22-11-13-25(20)14-16-6-4-7-16/h1-3,8-9,11,13,16,18H,4-7,10,12,14-15H2/t18-/m1/s1. The molecule has 3 heterocycles. The average molecular weight is 363 g/mol. The van der Waals surface area contributed by atoms with E-state index in [0.717, 1.165) is 44.0 Å². The number of aromatic nitrogens is 4. The molecule has 0 bridgehead atoms. The Morgan fingerprint density at radius 2 is 1.96 bits per heavy atom. The molecule has 2 fully saturated rings. The van der Waals surface area contributed by atoms with Crippen LogP contribution in [0.4, 0.5) is 6.01 Å². The van der Waals surface area contributed by atoms with Crippen LogP contribution in [-0.4, -0.2) is 32.8 Å². The lowest BCUT2D eigenvalue weighted by Gasteiger charge is -2.32. The summed E-state index contributed by atoms with van der Waals surface area (Å²) in [6.07, 6.45) is 10.5. The number of nitrogens with zero attached hydrogens (tertiary/aromatic N) is 5. The van der Waals surface area contributed by atoms with Crippen molar-refractivity contribution in [2.24, 2.45) is 5.92 Å². The second-order valence-electron chi connectivity index (χ2n) is 7.79. The van der Waals surface area contributed by atoms with E-state index in [4.69, 9.17) is 9.51 Å². The zero-order valence-corrected chi connectivity index (χ0v) is 15.5. The van der Waals surface area contributed by atoms with Crippen LogP contribution in [0, 0.1) is 5.92 Å². The molecule has 3 aromatic rings. The SMILES string of the molecule is c1ccc(-c2noc(N3CCC[C@@H](c4nccn4CC4CCC4)C3)n2)cc1. The van der Waals surface area contributed by atoms with Crippen LogP contribution < -0.4 is 4.90 Å². The first-order valence-corrected chi connectivity index (χ1v) is 10.0. The van der Waals surface area contributed by atoms with Gasteiger partial charge in [-0.05, 0) is 31.6 Å². The predicted octanol–water partition coefficient (Wildman–Crippen LogP) is 4.12. The van der Waals surface area contributed by atoms with Crippen LogP contribution in [0.1, 0.15) is 43.8 Å². The summed E-state index contributed by atoms with van der Waals surface area (Å²) in [5, 5.41) is 4.18. The summed E-state index contributed by atoms with van der Waals surface area (Å²) in [6.45, 7) is 2.96. The van der Waals surface area contributed by atoms with Crippen molar-refractivity contribution in [1.82, 2.24) is 19.7 Å². The molecule has 0 radical (unpaired) electrons. The molecule has 1 saturated carbocycles.